The van der Waals surface area contributed by atoms with Gasteiger partial charge in [0.2, 0.25) is 5.91 Å². The Morgan fingerprint density at radius 2 is 1.95 bits per heavy atom. The van der Waals surface area contributed by atoms with Crippen LogP contribution < -0.4 is 10.6 Å². The molecule has 2 N–H and O–H groups in total. The molecular formula is C18H28N2O. The summed E-state index contributed by atoms with van der Waals surface area (Å²) < 4.78 is 0. The van der Waals surface area contributed by atoms with Crippen molar-refractivity contribution in [2.24, 2.45) is 5.92 Å². The van der Waals surface area contributed by atoms with Crippen molar-refractivity contribution in [1.29, 1.82) is 0 Å². The van der Waals surface area contributed by atoms with Crippen LogP contribution in [0.25, 0.3) is 0 Å². The molecule has 1 amide bonds. The van der Waals surface area contributed by atoms with Crippen molar-refractivity contribution in [1.82, 2.24) is 5.32 Å². The van der Waals surface area contributed by atoms with Crippen LogP contribution in [-0.2, 0) is 10.2 Å². The number of hydrogen-bond donors (Lipinski definition) is 2. The van der Waals surface area contributed by atoms with Crippen LogP contribution in [0.3, 0.4) is 0 Å². The first kappa shape index (κ1) is 16.0. The van der Waals surface area contributed by atoms with Crippen LogP contribution in [0.4, 0.5) is 5.69 Å². The molecule has 1 aliphatic rings. The SMILES string of the molecule is CC1CCCNC1CC(=O)Nc1ccc(C(C)(C)C)cc1. The van der Waals surface area contributed by atoms with Crippen molar-refractivity contribution >= 4 is 11.6 Å². The zero-order valence-corrected chi connectivity index (χ0v) is 13.7. The fraction of sp³-hybridized carbons (Fsp3) is 0.611. The molecule has 2 unspecified atom stereocenters. The average Bonchev–Trinajstić information content (AvgIpc) is 2.41. The highest BCUT2D eigenvalue weighted by atomic mass is 16.1. The molecule has 0 radical (unpaired) electrons. The molecule has 21 heavy (non-hydrogen) atoms. The Morgan fingerprint density at radius 1 is 1.29 bits per heavy atom. The number of carbonyl (C=O) groups is 1. The molecule has 1 aliphatic heterocycles. The summed E-state index contributed by atoms with van der Waals surface area (Å²) in [5.41, 5.74) is 2.31. The van der Waals surface area contributed by atoms with Crippen molar-refractivity contribution in [2.45, 2.75) is 58.4 Å². The largest absolute Gasteiger partial charge is 0.326 e. The van der Waals surface area contributed by atoms with Crippen molar-refractivity contribution in [3.05, 3.63) is 29.8 Å². The Morgan fingerprint density at radius 3 is 2.52 bits per heavy atom. The van der Waals surface area contributed by atoms with Crippen LogP contribution >= 0.6 is 0 Å². The Labute approximate surface area is 128 Å². The summed E-state index contributed by atoms with van der Waals surface area (Å²) >= 11 is 0. The van der Waals surface area contributed by atoms with Gasteiger partial charge in [0.25, 0.3) is 0 Å². The van der Waals surface area contributed by atoms with E-state index >= 15 is 0 Å². The van der Waals surface area contributed by atoms with E-state index in [1.807, 2.05) is 12.1 Å². The van der Waals surface area contributed by atoms with Gasteiger partial charge in [-0.2, -0.15) is 0 Å². The molecule has 1 aromatic rings. The lowest BCUT2D eigenvalue weighted by Crippen LogP contribution is -2.42. The molecule has 3 nitrogen and oxygen atoms in total. The molecule has 0 aliphatic carbocycles. The summed E-state index contributed by atoms with van der Waals surface area (Å²) in [5.74, 6) is 0.678. The van der Waals surface area contributed by atoms with Gasteiger partial charge < -0.3 is 10.6 Å². The molecule has 0 saturated carbocycles. The second kappa shape index (κ2) is 6.61. The lowest BCUT2D eigenvalue weighted by Gasteiger charge is -2.29. The lowest BCUT2D eigenvalue weighted by atomic mass is 9.87. The maximum Gasteiger partial charge on any atom is 0.225 e. The minimum atomic E-state index is 0.102. The van der Waals surface area contributed by atoms with E-state index < -0.39 is 0 Å². The third-order valence-corrected chi connectivity index (χ3v) is 4.37. The fourth-order valence-electron chi connectivity index (χ4n) is 2.85. The van der Waals surface area contributed by atoms with Gasteiger partial charge in [0.1, 0.15) is 0 Å². The van der Waals surface area contributed by atoms with Gasteiger partial charge in [-0.05, 0) is 48.4 Å². The third kappa shape index (κ3) is 4.57. The monoisotopic (exact) mass is 288 g/mol. The Balaban J connectivity index is 1.90. The van der Waals surface area contributed by atoms with Crippen molar-refractivity contribution in [3.8, 4) is 0 Å². The predicted molar refractivity (Wildman–Crippen MR) is 88.6 cm³/mol. The smallest absolute Gasteiger partial charge is 0.225 e. The predicted octanol–water partition coefficient (Wildman–Crippen LogP) is 3.70. The van der Waals surface area contributed by atoms with Gasteiger partial charge in [0.15, 0.2) is 0 Å². The molecule has 2 atom stereocenters. The summed E-state index contributed by atoms with van der Waals surface area (Å²) in [7, 11) is 0. The summed E-state index contributed by atoms with van der Waals surface area (Å²) in [6.07, 6.45) is 2.99. The Bertz CT molecular complexity index is 473. The summed E-state index contributed by atoms with van der Waals surface area (Å²) in [6, 6.07) is 8.49. The highest BCUT2D eigenvalue weighted by molar-refractivity contribution is 5.91. The number of nitrogens with one attached hydrogen (secondary N) is 2. The minimum Gasteiger partial charge on any atom is -0.326 e. The van der Waals surface area contributed by atoms with E-state index in [1.54, 1.807) is 0 Å². The van der Waals surface area contributed by atoms with Crippen molar-refractivity contribution in [2.75, 3.05) is 11.9 Å². The van der Waals surface area contributed by atoms with Crippen LogP contribution in [-0.4, -0.2) is 18.5 Å². The van der Waals surface area contributed by atoms with E-state index in [0.29, 0.717) is 18.4 Å². The maximum atomic E-state index is 12.2. The molecule has 1 aromatic carbocycles. The summed E-state index contributed by atoms with van der Waals surface area (Å²) in [5, 5.41) is 6.46. The van der Waals surface area contributed by atoms with E-state index in [1.165, 1.54) is 18.4 Å². The van der Waals surface area contributed by atoms with Gasteiger partial charge in [-0.25, -0.2) is 0 Å². The zero-order valence-electron chi connectivity index (χ0n) is 13.7. The van der Waals surface area contributed by atoms with Crippen LogP contribution in [0.5, 0.6) is 0 Å². The van der Waals surface area contributed by atoms with Gasteiger partial charge in [-0.15, -0.1) is 0 Å². The van der Waals surface area contributed by atoms with Crippen molar-refractivity contribution < 1.29 is 4.79 Å². The highest BCUT2D eigenvalue weighted by Gasteiger charge is 2.23. The summed E-state index contributed by atoms with van der Waals surface area (Å²) in [6.45, 7) is 9.83. The van der Waals surface area contributed by atoms with E-state index in [-0.39, 0.29) is 11.3 Å². The average molecular weight is 288 g/mol. The van der Waals surface area contributed by atoms with Gasteiger partial charge >= 0.3 is 0 Å². The van der Waals surface area contributed by atoms with E-state index in [9.17, 15) is 4.79 Å². The maximum absolute atomic E-state index is 12.2. The van der Waals surface area contributed by atoms with Crippen LogP contribution in [0.1, 0.15) is 52.5 Å². The zero-order chi connectivity index (χ0) is 15.5. The number of carbonyl (C=O) groups excluding carboxylic acids is 1. The molecule has 3 heteroatoms. The third-order valence-electron chi connectivity index (χ3n) is 4.37. The van der Waals surface area contributed by atoms with Crippen LogP contribution in [0.15, 0.2) is 24.3 Å². The molecule has 116 valence electrons. The normalized spacial score (nSPS) is 22.9. The number of piperidine rings is 1. The lowest BCUT2D eigenvalue weighted by molar-refractivity contribution is -0.117. The van der Waals surface area contributed by atoms with Crippen LogP contribution in [0.2, 0.25) is 0 Å². The molecular weight excluding hydrogens is 260 g/mol. The number of amides is 1. The minimum absolute atomic E-state index is 0.102. The first-order valence-corrected chi connectivity index (χ1v) is 8.00. The number of hydrogen-bond acceptors (Lipinski definition) is 2. The summed E-state index contributed by atoms with van der Waals surface area (Å²) in [4.78, 5) is 12.2. The molecule has 1 fully saturated rings. The number of anilines is 1. The van der Waals surface area contributed by atoms with Gasteiger partial charge in [0, 0.05) is 18.2 Å². The first-order valence-electron chi connectivity index (χ1n) is 8.00. The van der Waals surface area contributed by atoms with Crippen LogP contribution in [0, 0.1) is 5.92 Å². The Hall–Kier alpha value is -1.35. The van der Waals surface area contributed by atoms with E-state index in [2.05, 4.69) is 50.5 Å². The quantitative estimate of drug-likeness (QED) is 0.890. The highest BCUT2D eigenvalue weighted by Crippen LogP contribution is 2.24. The van der Waals surface area contributed by atoms with E-state index in [4.69, 9.17) is 0 Å². The Kier molecular flexibility index (Phi) is 5.04. The topological polar surface area (TPSA) is 41.1 Å². The van der Waals surface area contributed by atoms with Gasteiger partial charge in [0.05, 0.1) is 0 Å². The number of benzene rings is 1. The number of rotatable bonds is 3. The second-order valence-electron chi connectivity index (χ2n) is 7.26. The standard InChI is InChI=1S/C18H28N2O/c1-13-6-5-11-19-16(13)12-17(21)20-15-9-7-14(8-10-15)18(2,3)4/h7-10,13,16,19H,5-6,11-12H2,1-4H3,(H,20,21). The molecule has 0 bridgehead atoms. The van der Waals surface area contributed by atoms with Crippen molar-refractivity contribution in [3.63, 3.8) is 0 Å². The van der Waals surface area contributed by atoms with Gasteiger partial charge in [-0.1, -0.05) is 39.8 Å². The van der Waals surface area contributed by atoms with E-state index in [0.717, 1.165) is 12.2 Å². The molecule has 1 saturated heterocycles. The second-order valence-corrected chi connectivity index (χ2v) is 7.26. The molecule has 2 rings (SSSR count). The molecule has 1 heterocycles. The first-order chi connectivity index (χ1) is 9.86. The molecule has 0 spiro atoms. The molecule has 0 aromatic heterocycles. The fourth-order valence-corrected chi connectivity index (χ4v) is 2.85. The van der Waals surface area contributed by atoms with Gasteiger partial charge in [-0.3, -0.25) is 4.79 Å².